The van der Waals surface area contributed by atoms with Gasteiger partial charge in [-0.3, -0.25) is 4.55 Å². The molecule has 1 aromatic rings. The molecular formula is C9H9N9O3S. The van der Waals surface area contributed by atoms with Crippen LogP contribution in [-0.4, -0.2) is 13.0 Å². The van der Waals surface area contributed by atoms with Crippen molar-refractivity contribution in [2.75, 3.05) is 0 Å². The molecule has 0 aromatic heterocycles. The average molecular weight is 323 g/mol. The van der Waals surface area contributed by atoms with Crippen LogP contribution in [0, 0.1) is 0 Å². The van der Waals surface area contributed by atoms with Crippen LogP contribution in [0.25, 0.3) is 31.3 Å². The topological polar surface area (TPSA) is 201 Å². The second-order valence-electron chi connectivity index (χ2n) is 3.89. The fourth-order valence-electron chi connectivity index (χ4n) is 1.81. The van der Waals surface area contributed by atoms with Gasteiger partial charge >= 0.3 is 0 Å². The number of benzene rings is 1. The van der Waals surface area contributed by atoms with Crippen molar-refractivity contribution in [3.63, 3.8) is 0 Å². The third-order valence-electron chi connectivity index (χ3n) is 2.49. The molecule has 0 aliphatic heterocycles. The minimum atomic E-state index is -4.63. The number of hydrogen-bond donors (Lipinski definition) is 1. The van der Waals surface area contributed by atoms with Gasteiger partial charge in [-0.15, -0.1) is 0 Å². The summed E-state index contributed by atoms with van der Waals surface area (Å²) in [5.74, 6) is 0. The van der Waals surface area contributed by atoms with Gasteiger partial charge in [0.05, 0.1) is 19.6 Å². The highest BCUT2D eigenvalue weighted by Gasteiger charge is 2.20. The summed E-state index contributed by atoms with van der Waals surface area (Å²) in [5.41, 5.74) is 25.5. The van der Waals surface area contributed by atoms with Crippen molar-refractivity contribution < 1.29 is 13.0 Å². The first-order valence-electron chi connectivity index (χ1n) is 5.58. The fourth-order valence-corrected chi connectivity index (χ4v) is 2.72. The van der Waals surface area contributed by atoms with E-state index in [1.54, 1.807) is 0 Å². The van der Waals surface area contributed by atoms with E-state index in [1.807, 2.05) is 0 Å². The predicted octanol–water partition coefficient (Wildman–Crippen LogP) is 3.36. The van der Waals surface area contributed by atoms with Gasteiger partial charge in [0.2, 0.25) is 0 Å². The third-order valence-corrected chi connectivity index (χ3v) is 3.53. The maximum atomic E-state index is 11.5. The molecule has 22 heavy (non-hydrogen) atoms. The van der Waals surface area contributed by atoms with Crippen molar-refractivity contribution in [2.45, 2.75) is 24.5 Å². The largest absolute Gasteiger partial charge is 0.295 e. The molecule has 12 nitrogen and oxygen atoms in total. The van der Waals surface area contributed by atoms with Gasteiger partial charge in [0.15, 0.2) is 0 Å². The van der Waals surface area contributed by atoms with Crippen LogP contribution >= 0.6 is 0 Å². The molecule has 0 saturated carbocycles. The van der Waals surface area contributed by atoms with Crippen LogP contribution in [0.4, 0.5) is 0 Å². The molecule has 0 aliphatic rings. The first-order chi connectivity index (χ1) is 10.4. The lowest BCUT2D eigenvalue weighted by Crippen LogP contribution is -2.08. The Kier molecular flexibility index (Phi) is 6.02. The Balaban J connectivity index is 3.62. The SMILES string of the molecule is [N-]=[N+]=NCc1cc(CN=[N+]=[N-])c(S(=O)(=O)O)c(CN=[N+]=[N-])c1. The minimum Gasteiger partial charge on any atom is -0.282 e. The summed E-state index contributed by atoms with van der Waals surface area (Å²) in [6, 6.07) is 2.65. The van der Waals surface area contributed by atoms with Gasteiger partial charge in [-0.1, -0.05) is 27.5 Å². The van der Waals surface area contributed by atoms with Crippen LogP contribution in [0.2, 0.25) is 0 Å². The number of hydrogen-bond acceptors (Lipinski definition) is 5. The van der Waals surface area contributed by atoms with E-state index in [1.165, 1.54) is 12.1 Å². The maximum absolute atomic E-state index is 11.5. The molecule has 1 N–H and O–H groups in total. The second-order valence-corrected chi connectivity index (χ2v) is 5.24. The van der Waals surface area contributed by atoms with E-state index >= 15 is 0 Å². The standard InChI is InChI=1S/C9H9N9O3S/c10-16-13-3-6-1-7(4-14-17-11)9(22(19,20)21)8(2-6)5-15-18-12/h1-2H,3-5H2,(H,19,20,21). The highest BCUT2D eigenvalue weighted by molar-refractivity contribution is 7.86. The van der Waals surface area contributed by atoms with Crippen molar-refractivity contribution in [3.8, 4) is 0 Å². The summed E-state index contributed by atoms with van der Waals surface area (Å²) in [7, 11) is -4.63. The lowest BCUT2D eigenvalue weighted by Gasteiger charge is -2.12. The van der Waals surface area contributed by atoms with E-state index in [-0.39, 0.29) is 30.8 Å². The molecule has 0 radical (unpaired) electrons. The van der Waals surface area contributed by atoms with Crippen molar-refractivity contribution in [3.05, 3.63) is 60.2 Å². The van der Waals surface area contributed by atoms with E-state index in [9.17, 15) is 13.0 Å². The summed E-state index contributed by atoms with van der Waals surface area (Å²) in [6.07, 6.45) is 0. The van der Waals surface area contributed by atoms with E-state index in [4.69, 9.17) is 16.6 Å². The van der Waals surface area contributed by atoms with E-state index in [0.717, 1.165) is 0 Å². The van der Waals surface area contributed by atoms with Crippen molar-refractivity contribution in [1.29, 1.82) is 0 Å². The lowest BCUT2D eigenvalue weighted by molar-refractivity contribution is 0.481. The van der Waals surface area contributed by atoms with Gasteiger partial charge in [0.25, 0.3) is 10.1 Å². The van der Waals surface area contributed by atoms with E-state index in [2.05, 4.69) is 30.1 Å². The summed E-state index contributed by atoms with van der Waals surface area (Å²) in [5, 5.41) is 9.85. The lowest BCUT2D eigenvalue weighted by atomic mass is 10.1. The molecule has 0 fully saturated rings. The summed E-state index contributed by atoms with van der Waals surface area (Å²) < 4.78 is 32.4. The Morgan fingerprint density at radius 3 is 1.68 bits per heavy atom. The Hall–Kier alpha value is -2.94. The highest BCUT2D eigenvalue weighted by Crippen LogP contribution is 2.25. The summed E-state index contributed by atoms with van der Waals surface area (Å²) in [4.78, 5) is 7.14. The maximum Gasteiger partial charge on any atom is 0.295 e. The number of azide groups is 3. The molecule has 0 spiro atoms. The van der Waals surface area contributed by atoms with E-state index < -0.39 is 15.0 Å². The Bertz CT molecular complexity index is 774. The van der Waals surface area contributed by atoms with Crippen molar-refractivity contribution >= 4 is 10.1 Å². The minimum absolute atomic E-state index is 0.00841. The first kappa shape index (κ1) is 17.1. The fraction of sp³-hybridized carbons (Fsp3) is 0.333. The molecule has 114 valence electrons. The average Bonchev–Trinajstić information content (AvgIpc) is 2.47. The van der Waals surface area contributed by atoms with Crippen LogP contribution in [0.5, 0.6) is 0 Å². The summed E-state index contributed by atoms with van der Waals surface area (Å²) >= 11 is 0. The zero-order chi connectivity index (χ0) is 16.6. The predicted molar refractivity (Wildman–Crippen MR) is 74.8 cm³/mol. The molecule has 13 heteroatoms. The molecule has 0 atom stereocenters. The van der Waals surface area contributed by atoms with Gasteiger partial charge < -0.3 is 0 Å². The van der Waals surface area contributed by atoms with Crippen LogP contribution in [0.15, 0.2) is 32.4 Å². The van der Waals surface area contributed by atoms with Gasteiger partial charge in [-0.25, -0.2) is 0 Å². The smallest absolute Gasteiger partial charge is 0.282 e. The quantitative estimate of drug-likeness (QED) is 0.347. The number of rotatable bonds is 7. The van der Waals surface area contributed by atoms with Crippen molar-refractivity contribution in [1.82, 2.24) is 0 Å². The molecular weight excluding hydrogens is 314 g/mol. The van der Waals surface area contributed by atoms with E-state index in [0.29, 0.717) is 5.56 Å². The van der Waals surface area contributed by atoms with Crippen LogP contribution in [-0.2, 0) is 29.8 Å². The van der Waals surface area contributed by atoms with Crippen LogP contribution in [0.3, 0.4) is 0 Å². The Labute approximate surface area is 124 Å². The molecule has 0 saturated heterocycles. The normalized spacial score (nSPS) is 10.0. The third kappa shape index (κ3) is 4.56. The molecule has 0 bridgehead atoms. The van der Waals surface area contributed by atoms with Gasteiger partial charge in [0.1, 0.15) is 4.90 Å². The zero-order valence-electron chi connectivity index (χ0n) is 11.0. The molecule has 0 aliphatic carbocycles. The Morgan fingerprint density at radius 1 is 0.909 bits per heavy atom. The van der Waals surface area contributed by atoms with Crippen LogP contribution < -0.4 is 0 Å². The summed E-state index contributed by atoms with van der Waals surface area (Å²) in [6.45, 7) is -0.785. The first-order valence-corrected chi connectivity index (χ1v) is 7.02. The Morgan fingerprint density at radius 2 is 1.32 bits per heavy atom. The van der Waals surface area contributed by atoms with Crippen LogP contribution in [0.1, 0.15) is 16.7 Å². The van der Waals surface area contributed by atoms with Gasteiger partial charge in [0, 0.05) is 14.7 Å². The van der Waals surface area contributed by atoms with Gasteiger partial charge in [-0.2, -0.15) is 8.42 Å². The van der Waals surface area contributed by atoms with Crippen molar-refractivity contribution in [2.24, 2.45) is 15.3 Å². The highest BCUT2D eigenvalue weighted by atomic mass is 32.2. The molecule has 1 rings (SSSR count). The molecule has 0 heterocycles. The molecule has 0 amide bonds. The molecule has 0 unspecified atom stereocenters. The zero-order valence-corrected chi connectivity index (χ0v) is 11.8. The molecule has 1 aromatic carbocycles. The second kappa shape index (κ2) is 7.74. The monoisotopic (exact) mass is 323 g/mol. The number of nitrogens with zero attached hydrogens (tertiary/aromatic N) is 9. The van der Waals surface area contributed by atoms with Gasteiger partial charge in [-0.05, 0) is 33.3 Å².